The molecule has 3 N–H and O–H groups in total. The average Bonchev–Trinajstić information content (AvgIpc) is 2.37. The molecule has 0 bridgehead atoms. The molecular formula is C13H20N2O3S2. The second-order valence-corrected chi connectivity index (χ2v) is 6.98. The maximum Gasteiger partial charge on any atom is 0.215 e. The van der Waals surface area contributed by atoms with Crippen molar-refractivity contribution in [3.63, 3.8) is 0 Å². The monoisotopic (exact) mass is 316 g/mol. The summed E-state index contributed by atoms with van der Waals surface area (Å²) < 4.78 is 31.4. The Morgan fingerprint density at radius 3 is 2.50 bits per heavy atom. The molecule has 0 heterocycles. The average molecular weight is 316 g/mol. The summed E-state index contributed by atoms with van der Waals surface area (Å²) in [4.78, 5) is 0.297. The largest absolute Gasteiger partial charge is 0.389 e. The third-order valence-electron chi connectivity index (χ3n) is 2.70. The molecular weight excluding hydrogens is 296 g/mol. The Kier molecular flexibility index (Phi) is 6.54. The summed E-state index contributed by atoms with van der Waals surface area (Å²) in [6.07, 6.45) is 0. The van der Waals surface area contributed by atoms with Crippen molar-refractivity contribution in [2.24, 2.45) is 11.7 Å². The van der Waals surface area contributed by atoms with Crippen LogP contribution in [0.25, 0.3) is 0 Å². The topological polar surface area (TPSA) is 81.4 Å². The zero-order chi connectivity index (χ0) is 15.2. The molecule has 0 saturated carbocycles. The number of benzene rings is 1. The van der Waals surface area contributed by atoms with Gasteiger partial charge in [0.05, 0.1) is 5.75 Å². The summed E-state index contributed by atoms with van der Waals surface area (Å²) >= 11 is 4.85. The highest BCUT2D eigenvalue weighted by atomic mass is 32.2. The summed E-state index contributed by atoms with van der Waals surface area (Å²) in [5.41, 5.74) is 6.91. The van der Waals surface area contributed by atoms with Crippen molar-refractivity contribution in [1.82, 2.24) is 4.72 Å². The van der Waals surface area contributed by atoms with E-state index >= 15 is 0 Å². The number of methoxy groups -OCH3 is 1. The molecule has 1 atom stereocenters. The first-order valence-electron chi connectivity index (χ1n) is 6.19. The SMILES string of the molecule is COCC(C)CNS(=O)(=O)Cc1ccc(C(N)=S)cc1. The van der Waals surface area contributed by atoms with E-state index in [1.807, 2.05) is 6.92 Å². The second kappa shape index (κ2) is 7.68. The van der Waals surface area contributed by atoms with E-state index in [4.69, 9.17) is 22.7 Å². The molecule has 0 spiro atoms. The zero-order valence-corrected chi connectivity index (χ0v) is 13.3. The van der Waals surface area contributed by atoms with Crippen molar-refractivity contribution in [1.29, 1.82) is 0 Å². The van der Waals surface area contributed by atoms with Gasteiger partial charge in [0.15, 0.2) is 0 Å². The molecule has 5 nitrogen and oxygen atoms in total. The molecule has 1 aromatic rings. The first kappa shape index (κ1) is 17.0. The van der Waals surface area contributed by atoms with E-state index in [9.17, 15) is 8.42 Å². The predicted molar refractivity (Wildman–Crippen MR) is 84.0 cm³/mol. The van der Waals surface area contributed by atoms with E-state index in [0.29, 0.717) is 23.7 Å². The lowest BCUT2D eigenvalue weighted by molar-refractivity contribution is 0.161. The van der Waals surface area contributed by atoms with Crippen molar-refractivity contribution in [3.8, 4) is 0 Å². The van der Waals surface area contributed by atoms with Gasteiger partial charge in [-0.2, -0.15) is 0 Å². The van der Waals surface area contributed by atoms with E-state index in [-0.39, 0.29) is 11.7 Å². The highest BCUT2D eigenvalue weighted by Crippen LogP contribution is 2.08. The van der Waals surface area contributed by atoms with Gasteiger partial charge in [-0.05, 0) is 11.5 Å². The van der Waals surface area contributed by atoms with Crippen molar-refractivity contribution in [2.45, 2.75) is 12.7 Å². The van der Waals surface area contributed by atoms with Gasteiger partial charge in [-0.15, -0.1) is 0 Å². The fourth-order valence-electron chi connectivity index (χ4n) is 1.65. The maximum atomic E-state index is 11.9. The van der Waals surface area contributed by atoms with Gasteiger partial charge in [-0.3, -0.25) is 0 Å². The van der Waals surface area contributed by atoms with Crippen LogP contribution in [0.2, 0.25) is 0 Å². The smallest absolute Gasteiger partial charge is 0.215 e. The Morgan fingerprint density at radius 1 is 1.40 bits per heavy atom. The van der Waals surface area contributed by atoms with Gasteiger partial charge in [0.25, 0.3) is 0 Å². The molecule has 7 heteroatoms. The lowest BCUT2D eigenvalue weighted by atomic mass is 10.1. The lowest BCUT2D eigenvalue weighted by Crippen LogP contribution is -2.31. The number of hydrogen-bond donors (Lipinski definition) is 2. The predicted octanol–water partition coefficient (Wildman–Crippen LogP) is 1.02. The van der Waals surface area contributed by atoms with Crippen LogP contribution in [0.3, 0.4) is 0 Å². The van der Waals surface area contributed by atoms with Crippen LogP contribution in [0.1, 0.15) is 18.1 Å². The fourth-order valence-corrected chi connectivity index (χ4v) is 3.06. The molecule has 1 rings (SSSR count). The summed E-state index contributed by atoms with van der Waals surface area (Å²) in [7, 11) is -1.76. The molecule has 20 heavy (non-hydrogen) atoms. The van der Waals surface area contributed by atoms with Gasteiger partial charge < -0.3 is 10.5 Å². The van der Waals surface area contributed by atoms with E-state index < -0.39 is 10.0 Å². The highest BCUT2D eigenvalue weighted by Gasteiger charge is 2.13. The van der Waals surface area contributed by atoms with Crippen LogP contribution in [0.4, 0.5) is 0 Å². The van der Waals surface area contributed by atoms with E-state index in [2.05, 4.69) is 4.72 Å². The number of sulfonamides is 1. The van der Waals surface area contributed by atoms with Gasteiger partial charge in [0.2, 0.25) is 10.0 Å². The number of rotatable bonds is 8. The summed E-state index contributed by atoms with van der Waals surface area (Å²) in [5, 5.41) is 0. The van der Waals surface area contributed by atoms with Gasteiger partial charge in [-0.25, -0.2) is 13.1 Å². The van der Waals surface area contributed by atoms with Crippen molar-refractivity contribution >= 4 is 27.2 Å². The van der Waals surface area contributed by atoms with Gasteiger partial charge in [-0.1, -0.05) is 43.4 Å². The first-order valence-corrected chi connectivity index (χ1v) is 8.25. The van der Waals surface area contributed by atoms with E-state index in [0.717, 1.165) is 5.56 Å². The highest BCUT2D eigenvalue weighted by molar-refractivity contribution is 7.88. The molecule has 1 aromatic carbocycles. The molecule has 112 valence electrons. The molecule has 1 unspecified atom stereocenters. The number of ether oxygens (including phenoxy) is 1. The Bertz CT molecular complexity index is 541. The van der Waals surface area contributed by atoms with Crippen molar-refractivity contribution < 1.29 is 13.2 Å². The molecule has 0 amide bonds. The molecule has 0 aliphatic heterocycles. The van der Waals surface area contributed by atoms with Crippen molar-refractivity contribution in [2.75, 3.05) is 20.3 Å². The molecule has 0 saturated heterocycles. The van der Waals surface area contributed by atoms with Crippen LogP contribution in [0.15, 0.2) is 24.3 Å². The first-order chi connectivity index (χ1) is 9.34. The third kappa shape index (κ3) is 5.96. The summed E-state index contributed by atoms with van der Waals surface area (Å²) in [5.74, 6) is 0.0661. The minimum Gasteiger partial charge on any atom is -0.389 e. The van der Waals surface area contributed by atoms with Gasteiger partial charge in [0, 0.05) is 25.8 Å². The minimum absolute atomic E-state index is 0.0652. The summed E-state index contributed by atoms with van der Waals surface area (Å²) in [6.45, 7) is 2.80. The Hall–Kier alpha value is -1.02. The van der Waals surface area contributed by atoms with Crippen LogP contribution in [-0.4, -0.2) is 33.7 Å². The molecule has 0 aliphatic carbocycles. The van der Waals surface area contributed by atoms with E-state index in [1.165, 1.54) is 0 Å². The van der Waals surface area contributed by atoms with Crippen LogP contribution in [-0.2, 0) is 20.5 Å². The fraction of sp³-hybridized carbons (Fsp3) is 0.462. The van der Waals surface area contributed by atoms with Crippen LogP contribution < -0.4 is 10.5 Å². The standard InChI is InChI=1S/C13H20N2O3S2/c1-10(8-18-2)7-15-20(16,17)9-11-3-5-12(6-4-11)13(14)19/h3-6,10,15H,7-9H2,1-2H3,(H2,14,19). The maximum absolute atomic E-state index is 11.9. The van der Waals surface area contributed by atoms with Gasteiger partial charge in [0.1, 0.15) is 4.99 Å². The summed E-state index contributed by atoms with van der Waals surface area (Å²) in [6, 6.07) is 6.88. The minimum atomic E-state index is -3.35. The Balaban J connectivity index is 2.59. The van der Waals surface area contributed by atoms with Crippen LogP contribution in [0, 0.1) is 5.92 Å². The van der Waals surface area contributed by atoms with Crippen LogP contribution >= 0.6 is 12.2 Å². The quantitative estimate of drug-likeness (QED) is 0.700. The second-order valence-electron chi connectivity index (χ2n) is 4.73. The Morgan fingerprint density at radius 2 is 2.00 bits per heavy atom. The zero-order valence-electron chi connectivity index (χ0n) is 11.6. The molecule has 0 fully saturated rings. The molecule has 0 radical (unpaired) electrons. The molecule has 0 aliphatic rings. The third-order valence-corrected chi connectivity index (χ3v) is 4.25. The number of hydrogen-bond acceptors (Lipinski definition) is 4. The Labute approximate surface area is 125 Å². The number of nitrogens with one attached hydrogen (secondary N) is 1. The van der Waals surface area contributed by atoms with Gasteiger partial charge >= 0.3 is 0 Å². The lowest BCUT2D eigenvalue weighted by Gasteiger charge is -2.12. The van der Waals surface area contributed by atoms with Crippen LogP contribution in [0.5, 0.6) is 0 Å². The molecule has 0 aromatic heterocycles. The normalized spacial score (nSPS) is 13.1. The van der Waals surface area contributed by atoms with E-state index in [1.54, 1.807) is 31.4 Å². The number of nitrogens with two attached hydrogens (primary N) is 1. The van der Waals surface area contributed by atoms with Crippen molar-refractivity contribution in [3.05, 3.63) is 35.4 Å². The number of thiocarbonyl (C=S) groups is 1.